The Bertz CT molecular complexity index is 450. The second-order valence-corrected chi connectivity index (χ2v) is 5.10. The van der Waals surface area contributed by atoms with E-state index in [0.29, 0.717) is 0 Å². The summed E-state index contributed by atoms with van der Waals surface area (Å²) in [4.78, 5) is 12.0. The summed E-state index contributed by atoms with van der Waals surface area (Å²) in [6.45, 7) is 5.09. The van der Waals surface area contributed by atoms with Crippen LogP contribution in [0.15, 0.2) is 24.3 Å². The lowest BCUT2D eigenvalue weighted by atomic mass is 9.77. The summed E-state index contributed by atoms with van der Waals surface area (Å²) < 4.78 is 4.96. The average molecular weight is 273 g/mol. The van der Waals surface area contributed by atoms with E-state index >= 15 is 0 Å². The van der Waals surface area contributed by atoms with E-state index in [1.807, 2.05) is 0 Å². The van der Waals surface area contributed by atoms with Gasteiger partial charge in [0.1, 0.15) is 0 Å². The molecule has 1 fully saturated rings. The van der Waals surface area contributed by atoms with Crippen LogP contribution < -0.4 is 5.32 Å². The van der Waals surface area contributed by atoms with Crippen LogP contribution in [0, 0.1) is 25.7 Å². The number of methoxy groups -OCH3 is 1. The first-order valence-electron chi connectivity index (χ1n) is 6.84. The molecule has 0 bridgehead atoms. The van der Waals surface area contributed by atoms with Gasteiger partial charge < -0.3 is 10.1 Å². The largest absolute Gasteiger partial charge is 0.469 e. The molecule has 0 amide bonds. The molecular weight excluding hydrogens is 250 g/mol. The average Bonchev–Trinajstić information content (AvgIpc) is 2.49. The van der Waals surface area contributed by atoms with Crippen LogP contribution in [0.25, 0.3) is 0 Å². The van der Waals surface area contributed by atoms with Gasteiger partial charge in [-0.2, -0.15) is 0 Å². The zero-order valence-corrected chi connectivity index (χ0v) is 12.4. The van der Waals surface area contributed by atoms with Gasteiger partial charge in [-0.25, -0.2) is 0 Å². The quantitative estimate of drug-likeness (QED) is 0.664. The lowest BCUT2D eigenvalue weighted by Gasteiger charge is -2.35. The number of aryl methyl sites for hydroxylation is 1. The van der Waals surface area contributed by atoms with Crippen molar-refractivity contribution in [2.24, 2.45) is 5.92 Å². The Kier molecular flexibility index (Phi) is 6.27. The van der Waals surface area contributed by atoms with Crippen LogP contribution in [0.3, 0.4) is 0 Å². The number of ether oxygens (including phenoxy) is 1. The summed E-state index contributed by atoms with van der Waals surface area (Å²) >= 11 is 0. The fraction of sp³-hybridized carbons (Fsp3) is 0.471. The topological polar surface area (TPSA) is 38.3 Å². The van der Waals surface area contributed by atoms with E-state index in [4.69, 9.17) is 4.74 Å². The van der Waals surface area contributed by atoms with E-state index in [1.54, 1.807) is 0 Å². The van der Waals surface area contributed by atoms with Gasteiger partial charge in [-0.05, 0) is 38.3 Å². The normalized spacial score (nSPS) is 25.1. The zero-order chi connectivity index (χ0) is 15.1. The molecule has 1 aromatic rings. The first-order chi connectivity index (χ1) is 9.63. The van der Waals surface area contributed by atoms with Crippen LogP contribution in [0.5, 0.6) is 0 Å². The van der Waals surface area contributed by atoms with Gasteiger partial charge in [0.2, 0.25) is 0 Å². The molecule has 3 atom stereocenters. The lowest BCUT2D eigenvalue weighted by Crippen LogP contribution is -2.47. The predicted octanol–water partition coefficient (Wildman–Crippen LogP) is 2.50. The molecule has 20 heavy (non-hydrogen) atoms. The molecule has 1 aliphatic heterocycles. The third-order valence-corrected chi connectivity index (χ3v) is 3.87. The van der Waals surface area contributed by atoms with Crippen LogP contribution in [0.1, 0.15) is 30.4 Å². The second kappa shape index (κ2) is 7.72. The van der Waals surface area contributed by atoms with Crippen molar-refractivity contribution in [3.63, 3.8) is 0 Å². The predicted molar refractivity (Wildman–Crippen MR) is 81.4 cm³/mol. The second-order valence-electron chi connectivity index (χ2n) is 5.10. The van der Waals surface area contributed by atoms with Gasteiger partial charge in [0.15, 0.2) is 0 Å². The Hall–Kier alpha value is -1.79. The smallest absolute Gasteiger partial charge is 0.310 e. The minimum Gasteiger partial charge on any atom is -0.469 e. The number of nitrogens with one attached hydrogen (secondary N) is 1. The van der Waals surface area contributed by atoms with Crippen LogP contribution in [0.2, 0.25) is 0 Å². The Labute approximate surface area is 121 Å². The molecular formula is C17H23NO2. The Morgan fingerprint density at radius 3 is 2.45 bits per heavy atom. The fourth-order valence-corrected chi connectivity index (χ4v) is 2.81. The molecule has 3 heteroatoms. The molecule has 1 aliphatic rings. The third-order valence-electron chi connectivity index (χ3n) is 3.87. The lowest BCUT2D eigenvalue weighted by molar-refractivity contribution is -0.148. The molecule has 1 heterocycles. The summed E-state index contributed by atoms with van der Waals surface area (Å²) in [6, 6.07) is 8.65. The number of piperidine rings is 1. The number of hydrogen-bond donors (Lipinski definition) is 1. The van der Waals surface area contributed by atoms with Crippen LogP contribution >= 0.6 is 0 Å². The number of carbonyl (C=O) groups excluding carboxylic acids is 1. The van der Waals surface area contributed by atoms with Gasteiger partial charge >= 0.3 is 5.97 Å². The molecule has 0 aliphatic carbocycles. The first-order valence-corrected chi connectivity index (χ1v) is 6.84. The van der Waals surface area contributed by atoms with Crippen LogP contribution in [-0.4, -0.2) is 25.7 Å². The highest BCUT2D eigenvalue weighted by Crippen LogP contribution is 2.34. The maximum atomic E-state index is 12.0. The fourth-order valence-electron chi connectivity index (χ4n) is 2.81. The number of esters is 1. The SMILES string of the molecule is C#C.COC(=O)C1C(C)NCCC1c1ccc(C)cc1. The molecule has 0 saturated carbocycles. The van der Waals surface area contributed by atoms with Gasteiger partial charge in [-0.3, -0.25) is 4.79 Å². The monoisotopic (exact) mass is 273 g/mol. The highest BCUT2D eigenvalue weighted by Gasteiger charge is 2.37. The third kappa shape index (κ3) is 3.61. The molecule has 0 radical (unpaired) electrons. The van der Waals surface area contributed by atoms with Crippen molar-refractivity contribution < 1.29 is 9.53 Å². The van der Waals surface area contributed by atoms with E-state index in [1.165, 1.54) is 18.2 Å². The summed E-state index contributed by atoms with van der Waals surface area (Å²) in [5, 5.41) is 3.36. The summed E-state index contributed by atoms with van der Waals surface area (Å²) in [6.07, 6.45) is 8.98. The van der Waals surface area contributed by atoms with Crippen molar-refractivity contribution in [1.29, 1.82) is 0 Å². The maximum Gasteiger partial charge on any atom is 0.310 e. The Balaban J connectivity index is 0.000000956. The number of terminal acetylenes is 1. The number of rotatable bonds is 2. The highest BCUT2D eigenvalue weighted by molar-refractivity contribution is 5.74. The Morgan fingerprint density at radius 2 is 1.90 bits per heavy atom. The Morgan fingerprint density at radius 1 is 1.30 bits per heavy atom. The zero-order valence-electron chi connectivity index (χ0n) is 12.4. The van der Waals surface area contributed by atoms with E-state index in [0.717, 1.165) is 13.0 Å². The van der Waals surface area contributed by atoms with Crippen molar-refractivity contribution in [1.82, 2.24) is 5.32 Å². The van der Waals surface area contributed by atoms with Crippen molar-refractivity contribution >= 4 is 5.97 Å². The standard InChI is InChI=1S/C15H21NO2.C2H2/c1-10-4-6-12(7-5-10)13-8-9-16-11(2)14(13)15(17)18-3;1-2/h4-7,11,13-14,16H,8-9H2,1-3H3;1-2H. The molecule has 0 aromatic heterocycles. The molecule has 3 unspecified atom stereocenters. The summed E-state index contributed by atoms with van der Waals surface area (Å²) in [5.74, 6) is 0.0565. The molecule has 1 N–H and O–H groups in total. The maximum absolute atomic E-state index is 12.0. The highest BCUT2D eigenvalue weighted by atomic mass is 16.5. The molecule has 1 saturated heterocycles. The molecule has 108 valence electrons. The van der Waals surface area contributed by atoms with Crippen molar-refractivity contribution in [2.45, 2.75) is 32.2 Å². The summed E-state index contributed by atoms with van der Waals surface area (Å²) in [7, 11) is 1.47. The minimum absolute atomic E-state index is 0.0912. The molecule has 0 spiro atoms. The van der Waals surface area contributed by atoms with E-state index in [9.17, 15) is 4.79 Å². The van der Waals surface area contributed by atoms with Crippen molar-refractivity contribution in [3.05, 3.63) is 35.4 Å². The van der Waals surface area contributed by atoms with Gasteiger partial charge in [0.05, 0.1) is 13.0 Å². The van der Waals surface area contributed by atoms with Gasteiger partial charge in [-0.15, -0.1) is 12.8 Å². The van der Waals surface area contributed by atoms with Gasteiger partial charge in [-0.1, -0.05) is 29.8 Å². The number of hydrogen-bond acceptors (Lipinski definition) is 3. The molecule has 2 rings (SSSR count). The van der Waals surface area contributed by atoms with Gasteiger partial charge in [0, 0.05) is 6.04 Å². The van der Waals surface area contributed by atoms with E-state index in [-0.39, 0.29) is 23.8 Å². The number of benzene rings is 1. The van der Waals surface area contributed by atoms with Crippen LogP contribution in [-0.2, 0) is 9.53 Å². The number of carbonyl (C=O) groups is 1. The minimum atomic E-state index is -0.111. The van der Waals surface area contributed by atoms with E-state index in [2.05, 4.69) is 56.3 Å². The molecule has 3 nitrogen and oxygen atoms in total. The van der Waals surface area contributed by atoms with Crippen molar-refractivity contribution in [3.8, 4) is 12.8 Å². The van der Waals surface area contributed by atoms with Crippen molar-refractivity contribution in [2.75, 3.05) is 13.7 Å². The van der Waals surface area contributed by atoms with E-state index < -0.39 is 0 Å². The van der Waals surface area contributed by atoms with Gasteiger partial charge in [0.25, 0.3) is 0 Å². The first kappa shape index (κ1) is 16.3. The summed E-state index contributed by atoms with van der Waals surface area (Å²) in [5.41, 5.74) is 2.49. The van der Waals surface area contributed by atoms with Crippen LogP contribution in [0.4, 0.5) is 0 Å². The molecule has 1 aromatic carbocycles.